The van der Waals surface area contributed by atoms with Crippen LogP contribution in [0.25, 0.3) is 11.1 Å². The molecule has 1 unspecified atom stereocenters. The van der Waals surface area contributed by atoms with Gasteiger partial charge >= 0.3 is 5.97 Å². The van der Waals surface area contributed by atoms with Crippen LogP contribution in [0.3, 0.4) is 0 Å². The van der Waals surface area contributed by atoms with E-state index in [4.69, 9.17) is 9.15 Å². The van der Waals surface area contributed by atoms with Crippen molar-refractivity contribution in [2.45, 2.75) is 20.0 Å². The van der Waals surface area contributed by atoms with E-state index in [0.717, 1.165) is 5.56 Å². The van der Waals surface area contributed by atoms with Crippen molar-refractivity contribution < 1.29 is 18.7 Å². The summed E-state index contributed by atoms with van der Waals surface area (Å²) in [6.07, 6.45) is 0.379. The Labute approximate surface area is 138 Å². The number of anilines is 1. The lowest BCUT2D eigenvalue weighted by Crippen LogP contribution is -2.30. The lowest BCUT2D eigenvalue weighted by molar-refractivity contribution is -0.123. The van der Waals surface area contributed by atoms with Crippen molar-refractivity contribution in [2.24, 2.45) is 0 Å². The second kappa shape index (κ2) is 6.54. The fourth-order valence-electron chi connectivity index (χ4n) is 2.15. The minimum absolute atomic E-state index is 0.311. The number of ether oxygens (including phenoxy) is 1. The minimum atomic E-state index is -0.924. The minimum Gasteiger partial charge on any atom is -0.449 e. The number of hydrogen-bond donors (Lipinski definition) is 1. The molecule has 0 saturated carbocycles. The van der Waals surface area contributed by atoms with Gasteiger partial charge in [-0.2, -0.15) is 0 Å². The number of nitrogens with one attached hydrogen (secondary N) is 1. The number of aryl methyl sites for hydroxylation is 1. The number of hydrogen-bond acceptors (Lipinski definition) is 5. The second-order valence-corrected chi connectivity index (χ2v) is 5.44. The number of aromatic nitrogens is 1. The molecule has 1 aromatic heterocycles. The summed E-state index contributed by atoms with van der Waals surface area (Å²) in [4.78, 5) is 28.3. The molecule has 3 rings (SSSR count). The zero-order chi connectivity index (χ0) is 17.1. The van der Waals surface area contributed by atoms with Gasteiger partial charge in [0, 0.05) is 5.69 Å². The van der Waals surface area contributed by atoms with Crippen LogP contribution in [0.5, 0.6) is 0 Å². The van der Waals surface area contributed by atoms with Gasteiger partial charge in [-0.15, -0.1) is 0 Å². The largest absolute Gasteiger partial charge is 0.449 e. The van der Waals surface area contributed by atoms with E-state index in [1.54, 1.807) is 30.3 Å². The Morgan fingerprint density at radius 3 is 2.67 bits per heavy atom. The molecule has 122 valence electrons. The molecule has 0 spiro atoms. The molecule has 0 bridgehead atoms. The second-order valence-electron chi connectivity index (χ2n) is 5.44. The van der Waals surface area contributed by atoms with E-state index in [-0.39, 0.29) is 0 Å². The van der Waals surface area contributed by atoms with Crippen LogP contribution >= 0.6 is 0 Å². The lowest BCUT2D eigenvalue weighted by atomic mass is 10.2. The van der Waals surface area contributed by atoms with Gasteiger partial charge < -0.3 is 14.5 Å². The molecule has 24 heavy (non-hydrogen) atoms. The number of esters is 1. The summed E-state index contributed by atoms with van der Waals surface area (Å²) < 4.78 is 10.3. The van der Waals surface area contributed by atoms with E-state index in [2.05, 4.69) is 10.3 Å². The van der Waals surface area contributed by atoms with Gasteiger partial charge in [-0.05, 0) is 44.2 Å². The molecule has 3 aromatic rings. The molecule has 0 saturated heterocycles. The number of carbonyl (C=O) groups is 2. The van der Waals surface area contributed by atoms with Crippen molar-refractivity contribution in [3.63, 3.8) is 0 Å². The maximum Gasteiger partial charge on any atom is 0.338 e. The van der Waals surface area contributed by atoms with Gasteiger partial charge in [-0.1, -0.05) is 17.7 Å². The van der Waals surface area contributed by atoms with E-state index >= 15 is 0 Å². The molecule has 6 heteroatoms. The van der Waals surface area contributed by atoms with Crippen LogP contribution < -0.4 is 5.32 Å². The Morgan fingerprint density at radius 2 is 1.92 bits per heavy atom. The van der Waals surface area contributed by atoms with Crippen molar-refractivity contribution in [1.82, 2.24) is 4.98 Å². The first kappa shape index (κ1) is 15.7. The Kier molecular flexibility index (Phi) is 4.29. The van der Waals surface area contributed by atoms with Crippen LogP contribution in [0.15, 0.2) is 53.3 Å². The molecular formula is C18H16N2O4. The van der Waals surface area contributed by atoms with Crippen LogP contribution in [0.2, 0.25) is 0 Å². The molecule has 1 atom stereocenters. The number of carbonyl (C=O) groups excluding carboxylic acids is 2. The Bertz CT molecular complexity index is 883. The van der Waals surface area contributed by atoms with Crippen molar-refractivity contribution in [1.29, 1.82) is 0 Å². The summed E-state index contributed by atoms with van der Waals surface area (Å²) >= 11 is 0. The molecule has 1 N–H and O–H groups in total. The third kappa shape index (κ3) is 3.43. The van der Waals surface area contributed by atoms with Crippen LogP contribution in [0.1, 0.15) is 22.8 Å². The zero-order valence-corrected chi connectivity index (χ0v) is 13.3. The SMILES string of the molecule is Cc1ccc(NC(=O)C(C)OC(=O)c2ccc3ocnc3c2)cc1. The number of fused-ring (bicyclic) bond motifs is 1. The van der Waals surface area contributed by atoms with Gasteiger partial charge in [0.2, 0.25) is 0 Å². The standard InChI is InChI=1S/C18H16N2O4/c1-11-3-6-14(7-4-11)20-17(21)12(2)24-18(22)13-5-8-16-15(9-13)19-10-23-16/h3-10,12H,1-2H3,(H,20,21). The van der Waals surface area contributed by atoms with Crippen molar-refractivity contribution in [3.05, 3.63) is 60.0 Å². The number of nitrogens with zero attached hydrogens (tertiary/aromatic N) is 1. The van der Waals surface area contributed by atoms with Crippen molar-refractivity contribution in [3.8, 4) is 0 Å². The molecule has 2 aromatic carbocycles. The quantitative estimate of drug-likeness (QED) is 0.745. The number of benzene rings is 2. The first-order chi connectivity index (χ1) is 11.5. The van der Waals surface area contributed by atoms with E-state index in [0.29, 0.717) is 22.4 Å². The Balaban J connectivity index is 1.64. The normalized spacial score (nSPS) is 11.9. The first-order valence-electron chi connectivity index (χ1n) is 7.45. The predicted octanol–water partition coefficient (Wildman–Crippen LogP) is 3.32. The highest BCUT2D eigenvalue weighted by molar-refractivity contribution is 5.98. The third-order valence-electron chi connectivity index (χ3n) is 3.54. The average molecular weight is 324 g/mol. The van der Waals surface area contributed by atoms with Crippen LogP contribution in [0.4, 0.5) is 5.69 Å². The van der Waals surface area contributed by atoms with Crippen molar-refractivity contribution >= 4 is 28.7 Å². The van der Waals surface area contributed by atoms with Crippen LogP contribution in [-0.2, 0) is 9.53 Å². The van der Waals surface area contributed by atoms with Crippen LogP contribution in [0, 0.1) is 6.92 Å². The van der Waals surface area contributed by atoms with E-state index in [1.807, 2.05) is 19.1 Å². The highest BCUT2D eigenvalue weighted by Gasteiger charge is 2.19. The van der Waals surface area contributed by atoms with E-state index in [1.165, 1.54) is 13.3 Å². The average Bonchev–Trinajstić information content (AvgIpc) is 3.04. The molecule has 0 fully saturated rings. The predicted molar refractivity (Wildman–Crippen MR) is 88.7 cm³/mol. The molecule has 1 heterocycles. The van der Waals surface area contributed by atoms with Gasteiger partial charge in [0.15, 0.2) is 18.1 Å². The smallest absolute Gasteiger partial charge is 0.338 e. The monoisotopic (exact) mass is 324 g/mol. The Morgan fingerprint density at radius 1 is 1.17 bits per heavy atom. The summed E-state index contributed by atoms with van der Waals surface area (Å²) in [5.74, 6) is -0.985. The lowest BCUT2D eigenvalue weighted by Gasteiger charge is -2.13. The van der Waals surface area contributed by atoms with Gasteiger partial charge in [-0.3, -0.25) is 4.79 Å². The number of oxazole rings is 1. The van der Waals surface area contributed by atoms with E-state index < -0.39 is 18.0 Å². The summed E-state index contributed by atoms with van der Waals surface area (Å²) in [6, 6.07) is 12.1. The molecule has 0 aliphatic heterocycles. The van der Waals surface area contributed by atoms with Crippen LogP contribution in [-0.4, -0.2) is 23.0 Å². The molecule has 0 radical (unpaired) electrons. The summed E-state index contributed by atoms with van der Waals surface area (Å²) in [5, 5.41) is 2.71. The molecule has 1 amide bonds. The number of rotatable bonds is 4. The topological polar surface area (TPSA) is 81.4 Å². The van der Waals surface area contributed by atoms with Gasteiger partial charge in [0.1, 0.15) is 5.52 Å². The van der Waals surface area contributed by atoms with Crippen molar-refractivity contribution in [2.75, 3.05) is 5.32 Å². The fourth-order valence-corrected chi connectivity index (χ4v) is 2.15. The maximum absolute atomic E-state index is 12.2. The summed E-state index contributed by atoms with van der Waals surface area (Å²) in [6.45, 7) is 3.48. The first-order valence-corrected chi connectivity index (χ1v) is 7.45. The Hall–Kier alpha value is -3.15. The highest BCUT2D eigenvalue weighted by Crippen LogP contribution is 2.16. The molecule has 0 aliphatic rings. The fraction of sp³-hybridized carbons (Fsp3) is 0.167. The third-order valence-corrected chi connectivity index (χ3v) is 3.54. The molecule has 0 aliphatic carbocycles. The van der Waals surface area contributed by atoms with Gasteiger partial charge in [0.05, 0.1) is 5.56 Å². The molecule has 6 nitrogen and oxygen atoms in total. The number of amides is 1. The molecular weight excluding hydrogens is 308 g/mol. The highest BCUT2D eigenvalue weighted by atomic mass is 16.5. The summed E-state index contributed by atoms with van der Waals surface area (Å²) in [7, 11) is 0. The van der Waals surface area contributed by atoms with Gasteiger partial charge in [0.25, 0.3) is 5.91 Å². The van der Waals surface area contributed by atoms with Gasteiger partial charge in [-0.25, -0.2) is 9.78 Å². The van der Waals surface area contributed by atoms with E-state index in [9.17, 15) is 9.59 Å². The maximum atomic E-state index is 12.2. The zero-order valence-electron chi connectivity index (χ0n) is 13.3. The summed E-state index contributed by atoms with van der Waals surface area (Å²) in [5.41, 5.74) is 3.19.